The molecular formula is C22H34N3O3S+. The van der Waals surface area contributed by atoms with Crippen LogP contribution in [0.2, 0.25) is 0 Å². The van der Waals surface area contributed by atoms with E-state index in [2.05, 4.69) is 12.2 Å². The standard InChI is InChI=1S/C22H33N3O3S/c1-18-8-6-7-11-21(18)23-22(26)19(2)24-13-15-25(16-14-24)29(27,28)17-12-20-9-4-3-5-10-20/h3-5,9-10,12,17-19,21H,6-8,11,13-16H2,1-2H3,(H,23,26)/p+1/b17-12+/t18-,19+,21-/m0/s1. The number of hydrogen-bond acceptors (Lipinski definition) is 3. The topological polar surface area (TPSA) is 70.9 Å². The maximum Gasteiger partial charge on any atom is 0.278 e. The molecule has 2 aliphatic rings. The molecule has 6 nitrogen and oxygen atoms in total. The van der Waals surface area contributed by atoms with Gasteiger partial charge in [0.1, 0.15) is 0 Å². The number of sulfonamides is 1. The first-order valence-corrected chi connectivity index (χ1v) is 12.3. The Morgan fingerprint density at radius 1 is 1.17 bits per heavy atom. The lowest BCUT2D eigenvalue weighted by molar-refractivity contribution is -0.917. The van der Waals surface area contributed by atoms with Gasteiger partial charge >= 0.3 is 0 Å². The number of nitrogens with zero attached hydrogens (tertiary/aromatic N) is 1. The van der Waals surface area contributed by atoms with Gasteiger partial charge in [-0.3, -0.25) is 4.79 Å². The van der Waals surface area contributed by atoms with Gasteiger partial charge in [0, 0.05) is 11.4 Å². The Balaban J connectivity index is 1.51. The fraction of sp³-hybridized carbons (Fsp3) is 0.591. The van der Waals surface area contributed by atoms with Crippen molar-refractivity contribution in [2.45, 2.75) is 51.6 Å². The zero-order valence-electron chi connectivity index (χ0n) is 17.5. The highest BCUT2D eigenvalue weighted by Crippen LogP contribution is 2.23. The van der Waals surface area contributed by atoms with Crippen LogP contribution in [-0.2, 0) is 14.8 Å². The number of quaternary nitrogens is 1. The molecule has 29 heavy (non-hydrogen) atoms. The Morgan fingerprint density at radius 2 is 1.83 bits per heavy atom. The van der Waals surface area contributed by atoms with Gasteiger partial charge in [-0.1, -0.05) is 50.1 Å². The van der Waals surface area contributed by atoms with Crippen LogP contribution in [0, 0.1) is 5.92 Å². The maximum absolute atomic E-state index is 12.7. The van der Waals surface area contributed by atoms with E-state index in [1.165, 1.54) is 29.0 Å². The summed E-state index contributed by atoms with van der Waals surface area (Å²) in [5.74, 6) is 0.632. The molecule has 1 amide bonds. The zero-order valence-corrected chi connectivity index (χ0v) is 18.3. The molecule has 0 radical (unpaired) electrons. The minimum absolute atomic E-state index is 0.0963. The molecule has 0 unspecified atom stereocenters. The summed E-state index contributed by atoms with van der Waals surface area (Å²) in [5, 5.41) is 4.53. The Kier molecular flexibility index (Phi) is 7.49. The van der Waals surface area contributed by atoms with Crippen molar-refractivity contribution in [3.8, 4) is 0 Å². The average molecular weight is 421 g/mol. The molecule has 0 aromatic heterocycles. The summed E-state index contributed by atoms with van der Waals surface area (Å²) in [6, 6.07) is 9.55. The molecule has 2 fully saturated rings. The van der Waals surface area contributed by atoms with Crippen molar-refractivity contribution >= 4 is 22.0 Å². The van der Waals surface area contributed by atoms with Crippen molar-refractivity contribution in [2.24, 2.45) is 5.92 Å². The molecule has 1 aromatic carbocycles. The minimum atomic E-state index is -3.44. The third-order valence-electron chi connectivity index (χ3n) is 6.40. The van der Waals surface area contributed by atoms with E-state index >= 15 is 0 Å². The number of nitrogens with one attached hydrogen (secondary N) is 2. The van der Waals surface area contributed by atoms with E-state index in [0.29, 0.717) is 32.1 Å². The van der Waals surface area contributed by atoms with Gasteiger partial charge in [0.05, 0.1) is 26.2 Å². The van der Waals surface area contributed by atoms with Crippen molar-refractivity contribution in [3.05, 3.63) is 41.3 Å². The van der Waals surface area contributed by atoms with E-state index in [0.717, 1.165) is 16.9 Å². The SMILES string of the molecule is C[C@H](C(=O)N[C@H]1CCCC[C@@H]1C)[NH+]1CCN(S(=O)(=O)/C=C/c2ccccc2)CC1. The van der Waals surface area contributed by atoms with Crippen LogP contribution in [0.5, 0.6) is 0 Å². The number of piperazine rings is 1. The molecule has 1 aliphatic heterocycles. The van der Waals surface area contributed by atoms with Gasteiger partial charge in [-0.25, -0.2) is 8.42 Å². The highest BCUT2D eigenvalue weighted by molar-refractivity contribution is 7.92. The van der Waals surface area contributed by atoms with Gasteiger partial charge in [-0.15, -0.1) is 0 Å². The largest absolute Gasteiger partial charge is 0.348 e. The first-order chi connectivity index (χ1) is 13.9. The fourth-order valence-electron chi connectivity index (χ4n) is 4.30. The summed E-state index contributed by atoms with van der Waals surface area (Å²) < 4.78 is 26.8. The van der Waals surface area contributed by atoms with Crippen LogP contribution in [0.3, 0.4) is 0 Å². The van der Waals surface area contributed by atoms with Crippen LogP contribution in [0.15, 0.2) is 35.7 Å². The van der Waals surface area contributed by atoms with Gasteiger partial charge in [-0.05, 0) is 37.3 Å². The van der Waals surface area contributed by atoms with Crippen molar-refractivity contribution in [1.82, 2.24) is 9.62 Å². The second-order valence-electron chi connectivity index (χ2n) is 8.41. The Labute approximate surface area is 175 Å². The molecule has 1 saturated carbocycles. The molecule has 2 N–H and O–H groups in total. The van der Waals surface area contributed by atoms with Crippen LogP contribution < -0.4 is 10.2 Å². The van der Waals surface area contributed by atoms with Crippen LogP contribution in [-0.4, -0.2) is 56.9 Å². The predicted molar refractivity (Wildman–Crippen MR) is 116 cm³/mol. The summed E-state index contributed by atoms with van der Waals surface area (Å²) in [6.45, 7) is 6.34. The molecule has 7 heteroatoms. The third kappa shape index (κ3) is 5.90. The highest BCUT2D eigenvalue weighted by Gasteiger charge is 2.34. The second-order valence-corrected chi connectivity index (χ2v) is 10.2. The quantitative estimate of drug-likeness (QED) is 0.728. The van der Waals surface area contributed by atoms with Gasteiger partial charge in [0.25, 0.3) is 5.91 Å². The van der Waals surface area contributed by atoms with E-state index in [9.17, 15) is 13.2 Å². The predicted octanol–water partition coefficient (Wildman–Crippen LogP) is 1.27. The van der Waals surface area contributed by atoms with Crippen molar-refractivity contribution in [2.75, 3.05) is 26.2 Å². The summed E-state index contributed by atoms with van der Waals surface area (Å²) >= 11 is 0. The molecule has 1 saturated heterocycles. The Bertz CT molecular complexity index is 802. The normalized spacial score (nSPS) is 25.7. The molecular weight excluding hydrogens is 386 g/mol. The molecule has 1 aromatic rings. The first kappa shape index (κ1) is 22.0. The third-order valence-corrected chi connectivity index (χ3v) is 7.97. The fourth-order valence-corrected chi connectivity index (χ4v) is 5.49. The smallest absolute Gasteiger partial charge is 0.278 e. The van der Waals surface area contributed by atoms with Gasteiger partial charge in [0.15, 0.2) is 6.04 Å². The van der Waals surface area contributed by atoms with Crippen LogP contribution >= 0.6 is 0 Å². The Morgan fingerprint density at radius 3 is 2.48 bits per heavy atom. The number of rotatable bonds is 6. The van der Waals surface area contributed by atoms with E-state index in [1.807, 2.05) is 37.3 Å². The minimum Gasteiger partial charge on any atom is -0.348 e. The van der Waals surface area contributed by atoms with Gasteiger partial charge in [0.2, 0.25) is 10.0 Å². The van der Waals surface area contributed by atoms with E-state index in [4.69, 9.17) is 0 Å². The highest BCUT2D eigenvalue weighted by atomic mass is 32.2. The van der Waals surface area contributed by atoms with Gasteiger partial charge < -0.3 is 10.2 Å². The molecule has 3 rings (SSSR count). The van der Waals surface area contributed by atoms with Crippen molar-refractivity contribution < 1.29 is 18.1 Å². The lowest BCUT2D eigenvalue weighted by Gasteiger charge is -2.35. The average Bonchev–Trinajstić information content (AvgIpc) is 2.74. The number of carbonyl (C=O) groups excluding carboxylic acids is 1. The molecule has 0 spiro atoms. The molecule has 1 aliphatic carbocycles. The lowest BCUT2D eigenvalue weighted by atomic mass is 9.86. The number of benzene rings is 1. The molecule has 0 bridgehead atoms. The van der Waals surface area contributed by atoms with E-state index < -0.39 is 10.0 Å². The van der Waals surface area contributed by atoms with Crippen LogP contribution in [0.25, 0.3) is 6.08 Å². The Hall–Kier alpha value is -1.70. The van der Waals surface area contributed by atoms with Crippen LogP contribution in [0.4, 0.5) is 0 Å². The molecule has 1 heterocycles. The van der Waals surface area contributed by atoms with Crippen molar-refractivity contribution in [1.29, 1.82) is 0 Å². The summed E-state index contributed by atoms with van der Waals surface area (Å²) in [7, 11) is -3.44. The van der Waals surface area contributed by atoms with E-state index in [-0.39, 0.29) is 18.0 Å². The summed E-state index contributed by atoms with van der Waals surface area (Å²) in [4.78, 5) is 13.9. The number of amides is 1. The maximum atomic E-state index is 12.7. The number of carbonyl (C=O) groups is 1. The molecule has 3 atom stereocenters. The van der Waals surface area contributed by atoms with Gasteiger partial charge in [-0.2, -0.15) is 4.31 Å². The number of hydrogen-bond donors (Lipinski definition) is 2. The first-order valence-electron chi connectivity index (χ1n) is 10.7. The monoisotopic (exact) mass is 420 g/mol. The summed E-state index contributed by atoms with van der Waals surface area (Å²) in [5.41, 5.74) is 0.863. The van der Waals surface area contributed by atoms with Crippen LogP contribution in [0.1, 0.15) is 45.1 Å². The molecule has 160 valence electrons. The summed E-state index contributed by atoms with van der Waals surface area (Å²) in [6.07, 6.45) is 6.32. The van der Waals surface area contributed by atoms with E-state index in [1.54, 1.807) is 6.08 Å². The second kappa shape index (κ2) is 9.87. The zero-order chi connectivity index (χ0) is 20.9. The van der Waals surface area contributed by atoms with Crippen molar-refractivity contribution in [3.63, 3.8) is 0 Å². The lowest BCUT2D eigenvalue weighted by Crippen LogP contribution is -3.19.